The second kappa shape index (κ2) is 4.36. The number of carboxylic acids is 1. The van der Waals surface area contributed by atoms with E-state index in [1.54, 1.807) is 14.1 Å². The number of rotatable bonds is 3. The van der Waals surface area contributed by atoms with Crippen LogP contribution in [0.25, 0.3) is 0 Å². The van der Waals surface area contributed by atoms with E-state index in [0.717, 1.165) is 12.1 Å². The molecule has 0 saturated carbocycles. The smallest absolute Gasteiger partial charge is 0.338 e. The minimum atomic E-state index is -1.26. The molecule has 0 spiro atoms. The van der Waals surface area contributed by atoms with Gasteiger partial charge in [0.25, 0.3) is 5.69 Å². The van der Waals surface area contributed by atoms with Gasteiger partial charge >= 0.3 is 5.97 Å². The van der Waals surface area contributed by atoms with Crippen LogP contribution in [0.1, 0.15) is 10.4 Å². The summed E-state index contributed by atoms with van der Waals surface area (Å²) in [7, 11) is 3.22. The highest BCUT2D eigenvalue weighted by atomic mass is 35.5. The number of halogens is 1. The van der Waals surface area contributed by atoms with E-state index in [-0.39, 0.29) is 22.0 Å². The summed E-state index contributed by atoms with van der Waals surface area (Å²) in [5.41, 5.74) is -0.281. The fraction of sp³-hybridized carbons (Fsp3) is 0.222. The van der Waals surface area contributed by atoms with Crippen LogP contribution in [0, 0.1) is 10.1 Å². The SMILES string of the molecule is CN(C)c1c(Cl)cc([N+](=O)[O-])cc1C(=O)O. The first-order chi connectivity index (χ1) is 7.34. The molecule has 1 N–H and O–H groups in total. The summed E-state index contributed by atoms with van der Waals surface area (Å²) in [6.45, 7) is 0. The van der Waals surface area contributed by atoms with Crippen molar-refractivity contribution >= 4 is 28.9 Å². The van der Waals surface area contributed by atoms with Crippen LogP contribution in [0.3, 0.4) is 0 Å². The molecule has 0 fully saturated rings. The van der Waals surface area contributed by atoms with Crippen molar-refractivity contribution in [2.75, 3.05) is 19.0 Å². The fourth-order valence-electron chi connectivity index (χ4n) is 1.31. The summed E-state index contributed by atoms with van der Waals surface area (Å²) >= 11 is 5.81. The number of hydrogen-bond acceptors (Lipinski definition) is 4. The largest absolute Gasteiger partial charge is 0.478 e. The first-order valence-electron chi connectivity index (χ1n) is 4.23. The molecule has 16 heavy (non-hydrogen) atoms. The van der Waals surface area contributed by atoms with Gasteiger partial charge in [-0.05, 0) is 0 Å². The lowest BCUT2D eigenvalue weighted by molar-refractivity contribution is -0.384. The molecule has 7 heteroatoms. The second-order valence-electron chi connectivity index (χ2n) is 3.28. The topological polar surface area (TPSA) is 83.7 Å². The zero-order valence-electron chi connectivity index (χ0n) is 8.60. The predicted octanol–water partition coefficient (Wildman–Crippen LogP) is 2.01. The molecule has 0 bridgehead atoms. The van der Waals surface area contributed by atoms with E-state index in [1.165, 1.54) is 4.90 Å². The molecule has 0 saturated heterocycles. The van der Waals surface area contributed by atoms with Crippen LogP contribution in [-0.2, 0) is 0 Å². The molecule has 0 aliphatic heterocycles. The Labute approximate surface area is 96.2 Å². The Morgan fingerprint density at radius 2 is 2.06 bits per heavy atom. The lowest BCUT2D eigenvalue weighted by atomic mass is 10.1. The zero-order chi connectivity index (χ0) is 12.5. The molecule has 86 valence electrons. The number of nitrogens with zero attached hydrogens (tertiary/aromatic N) is 2. The Morgan fingerprint density at radius 3 is 2.44 bits per heavy atom. The summed E-state index contributed by atoms with van der Waals surface area (Å²) in [5.74, 6) is -1.26. The third-order valence-electron chi connectivity index (χ3n) is 1.94. The van der Waals surface area contributed by atoms with Gasteiger partial charge in [0.15, 0.2) is 0 Å². The molecule has 0 aromatic heterocycles. The van der Waals surface area contributed by atoms with Crippen molar-refractivity contribution in [2.45, 2.75) is 0 Å². The van der Waals surface area contributed by atoms with Gasteiger partial charge in [0.05, 0.1) is 21.2 Å². The van der Waals surface area contributed by atoms with Gasteiger partial charge in [0, 0.05) is 26.2 Å². The van der Waals surface area contributed by atoms with E-state index in [1.807, 2.05) is 0 Å². The van der Waals surface area contributed by atoms with Crippen LogP contribution in [-0.4, -0.2) is 30.1 Å². The van der Waals surface area contributed by atoms with Gasteiger partial charge in [-0.1, -0.05) is 11.6 Å². The van der Waals surface area contributed by atoms with Crippen LogP contribution in [0.4, 0.5) is 11.4 Å². The Hall–Kier alpha value is -1.82. The molecule has 0 heterocycles. The normalized spacial score (nSPS) is 9.94. The molecule has 6 nitrogen and oxygen atoms in total. The molecule has 1 aromatic rings. The van der Waals surface area contributed by atoms with Gasteiger partial charge in [0.1, 0.15) is 0 Å². The molecule has 0 unspecified atom stereocenters. The molecule has 1 aromatic carbocycles. The number of nitro benzene ring substituents is 1. The Bertz CT molecular complexity index is 459. The average molecular weight is 245 g/mol. The first-order valence-corrected chi connectivity index (χ1v) is 4.61. The monoisotopic (exact) mass is 244 g/mol. The summed E-state index contributed by atoms with van der Waals surface area (Å²) in [6, 6.07) is 2.12. The minimum absolute atomic E-state index is 0.0385. The van der Waals surface area contributed by atoms with Crippen LogP contribution >= 0.6 is 11.6 Å². The Kier molecular flexibility index (Phi) is 3.34. The highest BCUT2D eigenvalue weighted by Crippen LogP contribution is 2.33. The number of carboxylic acid groups (broad SMARTS) is 1. The van der Waals surface area contributed by atoms with Crippen molar-refractivity contribution < 1.29 is 14.8 Å². The van der Waals surface area contributed by atoms with E-state index in [0.29, 0.717) is 0 Å². The van der Waals surface area contributed by atoms with E-state index in [4.69, 9.17) is 16.7 Å². The molecule has 0 aliphatic carbocycles. The van der Waals surface area contributed by atoms with Crippen molar-refractivity contribution in [3.05, 3.63) is 32.8 Å². The zero-order valence-corrected chi connectivity index (χ0v) is 9.35. The Morgan fingerprint density at radius 1 is 1.50 bits per heavy atom. The first kappa shape index (κ1) is 12.3. The maximum absolute atomic E-state index is 10.9. The van der Waals surface area contributed by atoms with Crippen LogP contribution in [0.15, 0.2) is 12.1 Å². The van der Waals surface area contributed by atoms with Crippen LogP contribution in [0.5, 0.6) is 0 Å². The van der Waals surface area contributed by atoms with Gasteiger partial charge < -0.3 is 10.0 Å². The maximum Gasteiger partial charge on any atom is 0.338 e. The van der Waals surface area contributed by atoms with Crippen molar-refractivity contribution in [1.82, 2.24) is 0 Å². The summed E-state index contributed by atoms with van der Waals surface area (Å²) < 4.78 is 0. The number of carbonyl (C=O) groups is 1. The van der Waals surface area contributed by atoms with Crippen LogP contribution < -0.4 is 4.90 Å². The van der Waals surface area contributed by atoms with Gasteiger partial charge in [-0.25, -0.2) is 4.79 Å². The van der Waals surface area contributed by atoms with Crippen LogP contribution in [0.2, 0.25) is 5.02 Å². The predicted molar refractivity (Wildman–Crippen MR) is 59.4 cm³/mol. The molecule has 0 aliphatic rings. The van der Waals surface area contributed by atoms with Gasteiger partial charge in [-0.2, -0.15) is 0 Å². The fourth-order valence-corrected chi connectivity index (χ4v) is 1.69. The number of anilines is 1. The number of non-ortho nitro benzene ring substituents is 1. The maximum atomic E-state index is 10.9. The quantitative estimate of drug-likeness (QED) is 0.649. The Balaban J connectivity index is 3.52. The average Bonchev–Trinajstić information content (AvgIpc) is 2.15. The van der Waals surface area contributed by atoms with Crippen molar-refractivity contribution in [2.24, 2.45) is 0 Å². The number of aromatic carboxylic acids is 1. The van der Waals surface area contributed by atoms with Gasteiger partial charge in [0.2, 0.25) is 0 Å². The third kappa shape index (κ3) is 2.22. The molecular weight excluding hydrogens is 236 g/mol. The lowest BCUT2D eigenvalue weighted by Crippen LogP contribution is -2.14. The molecular formula is C9H9ClN2O4. The third-order valence-corrected chi connectivity index (χ3v) is 2.22. The number of benzene rings is 1. The van der Waals surface area contributed by atoms with E-state index < -0.39 is 10.9 Å². The van der Waals surface area contributed by atoms with Crippen molar-refractivity contribution in [1.29, 1.82) is 0 Å². The highest BCUT2D eigenvalue weighted by molar-refractivity contribution is 6.34. The molecule has 0 amide bonds. The summed E-state index contributed by atoms with van der Waals surface area (Å²) in [6.07, 6.45) is 0. The van der Waals surface area contributed by atoms with Crippen molar-refractivity contribution in [3.8, 4) is 0 Å². The molecule has 0 radical (unpaired) electrons. The minimum Gasteiger partial charge on any atom is -0.478 e. The van der Waals surface area contributed by atoms with E-state index in [9.17, 15) is 14.9 Å². The van der Waals surface area contributed by atoms with Gasteiger partial charge in [-0.15, -0.1) is 0 Å². The second-order valence-corrected chi connectivity index (χ2v) is 3.69. The standard InChI is InChI=1S/C9H9ClN2O4/c1-11(2)8-6(9(13)14)3-5(12(15)16)4-7(8)10/h3-4H,1-2H3,(H,13,14). The lowest BCUT2D eigenvalue weighted by Gasteiger charge is -2.16. The van der Waals surface area contributed by atoms with Gasteiger partial charge in [-0.3, -0.25) is 10.1 Å². The van der Waals surface area contributed by atoms with E-state index in [2.05, 4.69) is 0 Å². The summed E-state index contributed by atoms with van der Waals surface area (Å²) in [4.78, 5) is 22.3. The molecule has 1 rings (SSSR count). The molecule has 0 atom stereocenters. The highest BCUT2D eigenvalue weighted by Gasteiger charge is 2.21. The number of nitro groups is 1. The summed E-state index contributed by atoms with van der Waals surface area (Å²) in [5, 5.41) is 19.5. The number of hydrogen-bond donors (Lipinski definition) is 1. The van der Waals surface area contributed by atoms with Crippen molar-refractivity contribution in [3.63, 3.8) is 0 Å². The van der Waals surface area contributed by atoms with E-state index >= 15 is 0 Å².